The molecule has 1 atom stereocenters. The highest BCUT2D eigenvalue weighted by Crippen LogP contribution is 2.29. The van der Waals surface area contributed by atoms with E-state index in [9.17, 15) is 18.0 Å². The standard InChI is InChI=1S/C34H42ClN3O5S/c1-5-32(34(40)36-27-11-7-6-8-12-27)37(22-26-10-9-13-29(20-26)43-4)33(39)23-38(28-17-16-25(3)31(35)21-28)44(41,42)30-18-14-24(2)15-19-30/h9-10,13-21,27,32H,5-8,11-12,22-23H2,1-4H3,(H,36,40)/t32-/m0/s1. The summed E-state index contributed by atoms with van der Waals surface area (Å²) in [5, 5.41) is 3.55. The maximum absolute atomic E-state index is 14.3. The smallest absolute Gasteiger partial charge is 0.264 e. The van der Waals surface area contributed by atoms with Gasteiger partial charge in [0, 0.05) is 17.6 Å². The molecule has 1 aliphatic rings. The first-order valence-corrected chi connectivity index (χ1v) is 16.9. The Bertz CT molecular complexity index is 1560. The number of methoxy groups -OCH3 is 1. The van der Waals surface area contributed by atoms with Gasteiger partial charge in [0.15, 0.2) is 0 Å². The number of carbonyl (C=O) groups excluding carboxylic acids is 2. The lowest BCUT2D eigenvalue weighted by Crippen LogP contribution is -2.54. The van der Waals surface area contributed by atoms with Gasteiger partial charge in [0.25, 0.3) is 10.0 Å². The molecular formula is C34H42ClN3O5S. The molecule has 1 aliphatic carbocycles. The average molecular weight is 640 g/mol. The van der Waals surface area contributed by atoms with Crippen molar-refractivity contribution in [3.8, 4) is 5.75 Å². The Morgan fingerprint density at radius 1 is 1.00 bits per heavy atom. The molecule has 3 aromatic rings. The average Bonchev–Trinajstić information content (AvgIpc) is 3.01. The van der Waals surface area contributed by atoms with E-state index in [1.807, 2.05) is 39.0 Å². The van der Waals surface area contributed by atoms with E-state index in [0.29, 0.717) is 17.2 Å². The number of hydrogen-bond acceptors (Lipinski definition) is 5. The Morgan fingerprint density at radius 3 is 2.34 bits per heavy atom. The molecule has 0 aromatic heterocycles. The topological polar surface area (TPSA) is 96.0 Å². The van der Waals surface area contributed by atoms with Crippen LogP contribution in [-0.4, -0.2) is 50.9 Å². The summed E-state index contributed by atoms with van der Waals surface area (Å²) in [6.07, 6.45) is 5.43. The maximum Gasteiger partial charge on any atom is 0.264 e. The van der Waals surface area contributed by atoms with Gasteiger partial charge in [-0.25, -0.2) is 8.42 Å². The SMILES string of the molecule is CC[C@@H](C(=O)NC1CCCCC1)N(Cc1cccc(OC)c1)C(=O)CN(c1ccc(C)c(Cl)c1)S(=O)(=O)c1ccc(C)cc1. The molecule has 0 bridgehead atoms. The first kappa shape index (κ1) is 33.3. The first-order valence-electron chi connectivity index (χ1n) is 15.1. The van der Waals surface area contributed by atoms with Crippen molar-refractivity contribution in [3.05, 3.63) is 88.4 Å². The van der Waals surface area contributed by atoms with Crippen LogP contribution in [0.1, 0.15) is 62.1 Å². The second-order valence-electron chi connectivity index (χ2n) is 11.4. The van der Waals surface area contributed by atoms with Crippen LogP contribution in [0.2, 0.25) is 5.02 Å². The van der Waals surface area contributed by atoms with Gasteiger partial charge in [-0.05, 0) is 80.6 Å². The van der Waals surface area contributed by atoms with E-state index in [-0.39, 0.29) is 29.1 Å². The lowest BCUT2D eigenvalue weighted by Gasteiger charge is -2.34. The molecule has 0 radical (unpaired) electrons. The zero-order valence-electron chi connectivity index (χ0n) is 25.9. The Labute approximate surface area is 266 Å². The molecule has 4 rings (SSSR count). The van der Waals surface area contributed by atoms with Crippen molar-refractivity contribution >= 4 is 39.1 Å². The monoisotopic (exact) mass is 639 g/mol. The van der Waals surface area contributed by atoms with E-state index in [0.717, 1.165) is 53.1 Å². The summed E-state index contributed by atoms with van der Waals surface area (Å²) in [6, 6.07) is 17.9. The Morgan fingerprint density at radius 2 is 1.70 bits per heavy atom. The summed E-state index contributed by atoms with van der Waals surface area (Å²) in [5.74, 6) is -0.125. The summed E-state index contributed by atoms with van der Waals surface area (Å²) in [7, 11) is -2.62. The third-order valence-corrected chi connectivity index (χ3v) is 10.4. The number of nitrogens with zero attached hydrogens (tertiary/aromatic N) is 2. The van der Waals surface area contributed by atoms with Crippen LogP contribution in [0, 0.1) is 13.8 Å². The molecule has 3 aromatic carbocycles. The van der Waals surface area contributed by atoms with Gasteiger partial charge in [0.05, 0.1) is 17.7 Å². The van der Waals surface area contributed by atoms with Crippen LogP contribution < -0.4 is 14.4 Å². The highest BCUT2D eigenvalue weighted by Gasteiger charge is 2.34. The molecule has 0 heterocycles. The molecule has 2 amide bonds. The van der Waals surface area contributed by atoms with Crippen molar-refractivity contribution in [2.75, 3.05) is 18.0 Å². The fourth-order valence-corrected chi connectivity index (χ4v) is 7.12. The molecule has 10 heteroatoms. The third kappa shape index (κ3) is 8.12. The summed E-state index contributed by atoms with van der Waals surface area (Å²) < 4.78 is 34.7. The molecule has 0 spiro atoms. The number of ether oxygens (including phenoxy) is 1. The highest BCUT2D eigenvalue weighted by molar-refractivity contribution is 7.92. The fourth-order valence-electron chi connectivity index (χ4n) is 5.53. The second-order valence-corrected chi connectivity index (χ2v) is 13.7. The van der Waals surface area contributed by atoms with Gasteiger partial charge < -0.3 is 15.0 Å². The second kappa shape index (κ2) is 14.9. The predicted molar refractivity (Wildman–Crippen MR) is 175 cm³/mol. The van der Waals surface area contributed by atoms with Crippen molar-refractivity contribution in [1.29, 1.82) is 0 Å². The maximum atomic E-state index is 14.3. The van der Waals surface area contributed by atoms with Gasteiger partial charge in [-0.1, -0.05) is 73.7 Å². The quantitative estimate of drug-likeness (QED) is 0.247. The Hall–Kier alpha value is -3.56. The largest absolute Gasteiger partial charge is 0.497 e. The lowest BCUT2D eigenvalue weighted by molar-refractivity contribution is -0.140. The van der Waals surface area contributed by atoms with Crippen molar-refractivity contribution in [2.45, 2.75) is 82.8 Å². The number of benzene rings is 3. The summed E-state index contributed by atoms with van der Waals surface area (Å²) in [5.41, 5.74) is 2.70. The number of sulfonamides is 1. The van der Waals surface area contributed by atoms with Gasteiger partial charge >= 0.3 is 0 Å². The molecule has 1 N–H and O–H groups in total. The molecule has 8 nitrogen and oxygen atoms in total. The normalized spacial score (nSPS) is 14.5. The molecule has 44 heavy (non-hydrogen) atoms. The zero-order chi connectivity index (χ0) is 31.9. The minimum atomic E-state index is -4.18. The number of anilines is 1. The molecular weight excluding hydrogens is 598 g/mol. The lowest BCUT2D eigenvalue weighted by atomic mass is 9.95. The van der Waals surface area contributed by atoms with Crippen molar-refractivity contribution in [3.63, 3.8) is 0 Å². The third-order valence-electron chi connectivity index (χ3n) is 8.16. The van der Waals surface area contributed by atoms with Crippen LogP contribution in [0.4, 0.5) is 5.69 Å². The number of amides is 2. The van der Waals surface area contributed by atoms with Crippen LogP contribution >= 0.6 is 11.6 Å². The zero-order valence-corrected chi connectivity index (χ0v) is 27.5. The summed E-state index contributed by atoms with van der Waals surface area (Å²) >= 11 is 6.44. The van der Waals surface area contributed by atoms with E-state index < -0.39 is 28.5 Å². The molecule has 1 saturated carbocycles. The van der Waals surface area contributed by atoms with Gasteiger partial charge in [0.1, 0.15) is 18.3 Å². The van der Waals surface area contributed by atoms with Crippen molar-refractivity contribution in [1.82, 2.24) is 10.2 Å². The number of nitrogens with one attached hydrogen (secondary N) is 1. The van der Waals surface area contributed by atoms with Crippen molar-refractivity contribution < 1.29 is 22.7 Å². The summed E-state index contributed by atoms with van der Waals surface area (Å²) in [6.45, 7) is 5.13. The molecule has 236 valence electrons. The van der Waals surface area contributed by atoms with Crippen molar-refractivity contribution in [2.24, 2.45) is 0 Å². The van der Waals surface area contributed by atoms with E-state index in [4.69, 9.17) is 16.3 Å². The first-order chi connectivity index (χ1) is 21.0. The van der Waals surface area contributed by atoms with Gasteiger partial charge in [0.2, 0.25) is 11.8 Å². The predicted octanol–water partition coefficient (Wildman–Crippen LogP) is 6.42. The number of halogens is 1. The van der Waals surface area contributed by atoms with Crippen LogP contribution in [0.15, 0.2) is 71.6 Å². The van der Waals surface area contributed by atoms with Crippen LogP contribution in [0.3, 0.4) is 0 Å². The molecule has 0 saturated heterocycles. The Balaban J connectivity index is 1.73. The van der Waals surface area contributed by atoms with Gasteiger partial charge in [-0.3, -0.25) is 13.9 Å². The van der Waals surface area contributed by atoms with E-state index >= 15 is 0 Å². The minimum absolute atomic E-state index is 0.0500. The highest BCUT2D eigenvalue weighted by atomic mass is 35.5. The minimum Gasteiger partial charge on any atom is -0.497 e. The Kier molecular flexibility index (Phi) is 11.3. The number of aryl methyl sites for hydroxylation is 2. The van der Waals surface area contributed by atoms with E-state index in [1.54, 1.807) is 43.5 Å². The van der Waals surface area contributed by atoms with Gasteiger partial charge in [-0.15, -0.1) is 0 Å². The van der Waals surface area contributed by atoms with Crippen LogP contribution in [0.5, 0.6) is 5.75 Å². The van der Waals surface area contributed by atoms with Gasteiger partial charge in [-0.2, -0.15) is 0 Å². The van der Waals surface area contributed by atoms with Crippen LogP contribution in [-0.2, 0) is 26.2 Å². The number of rotatable bonds is 12. The molecule has 1 fully saturated rings. The molecule has 0 unspecified atom stereocenters. The molecule has 0 aliphatic heterocycles. The number of hydrogen-bond donors (Lipinski definition) is 1. The van der Waals surface area contributed by atoms with E-state index in [2.05, 4.69) is 5.32 Å². The summed E-state index contributed by atoms with van der Waals surface area (Å²) in [4.78, 5) is 29.6. The number of carbonyl (C=O) groups is 2. The fraction of sp³-hybridized carbons (Fsp3) is 0.412. The van der Waals surface area contributed by atoms with E-state index in [1.165, 1.54) is 17.0 Å². The van der Waals surface area contributed by atoms with Crippen LogP contribution in [0.25, 0.3) is 0 Å².